The summed E-state index contributed by atoms with van der Waals surface area (Å²) < 4.78 is 13.2. The van der Waals surface area contributed by atoms with E-state index in [9.17, 15) is 10.1 Å². The van der Waals surface area contributed by atoms with Gasteiger partial charge in [-0.3, -0.25) is 15.0 Å². The summed E-state index contributed by atoms with van der Waals surface area (Å²) in [4.78, 5) is 13.6. The largest absolute Gasteiger partial charge is 0.493 e. The highest BCUT2D eigenvalue weighted by molar-refractivity contribution is 5.46. The van der Waals surface area contributed by atoms with Crippen LogP contribution >= 0.6 is 0 Å². The van der Waals surface area contributed by atoms with Gasteiger partial charge < -0.3 is 14.0 Å². The van der Waals surface area contributed by atoms with Crippen molar-refractivity contribution in [3.05, 3.63) is 87.7 Å². The molecule has 156 valence electrons. The predicted octanol–water partition coefficient (Wildman–Crippen LogP) is 4.41. The van der Waals surface area contributed by atoms with E-state index in [1.807, 2.05) is 30.3 Å². The minimum absolute atomic E-state index is 0.0536. The van der Waals surface area contributed by atoms with Crippen molar-refractivity contribution in [1.29, 1.82) is 0 Å². The van der Waals surface area contributed by atoms with Crippen molar-refractivity contribution in [2.24, 2.45) is 0 Å². The zero-order valence-electron chi connectivity index (χ0n) is 17.2. The van der Waals surface area contributed by atoms with Gasteiger partial charge in [-0.25, -0.2) is 0 Å². The van der Waals surface area contributed by atoms with Crippen LogP contribution in [-0.4, -0.2) is 35.2 Å². The van der Waals surface area contributed by atoms with Crippen molar-refractivity contribution in [2.75, 3.05) is 20.8 Å². The zero-order chi connectivity index (χ0) is 21.1. The molecule has 1 aromatic heterocycles. The molecule has 30 heavy (non-hydrogen) atoms. The Morgan fingerprint density at radius 3 is 2.60 bits per heavy atom. The number of nitrogens with zero attached hydrogens (tertiary/aromatic N) is 3. The molecule has 7 nitrogen and oxygen atoms in total. The first-order valence-corrected chi connectivity index (χ1v) is 9.95. The van der Waals surface area contributed by atoms with Gasteiger partial charge >= 0.3 is 0 Å². The molecule has 1 atom stereocenters. The number of ether oxygens (including phenoxy) is 2. The maximum Gasteiger partial charge on any atom is 0.273 e. The fraction of sp³-hybridized carbons (Fsp3) is 0.304. The molecule has 2 heterocycles. The first-order valence-electron chi connectivity index (χ1n) is 9.95. The number of aromatic nitrogens is 1. The smallest absolute Gasteiger partial charge is 0.273 e. The van der Waals surface area contributed by atoms with E-state index in [1.165, 1.54) is 5.69 Å². The van der Waals surface area contributed by atoms with Crippen LogP contribution in [-0.2, 0) is 13.1 Å². The fourth-order valence-corrected chi connectivity index (χ4v) is 4.26. The molecule has 0 N–H and O–H groups in total. The van der Waals surface area contributed by atoms with Gasteiger partial charge in [-0.15, -0.1) is 0 Å². The third kappa shape index (κ3) is 3.76. The lowest BCUT2D eigenvalue weighted by molar-refractivity contribution is -0.385. The molecular formula is C23H25N3O4. The molecule has 0 spiro atoms. The summed E-state index contributed by atoms with van der Waals surface area (Å²) in [5.74, 6) is 1.35. The number of fused-ring (bicyclic) bond motifs is 1. The summed E-state index contributed by atoms with van der Waals surface area (Å²) in [7, 11) is 3.25. The van der Waals surface area contributed by atoms with Gasteiger partial charge in [0.05, 0.1) is 25.2 Å². The van der Waals surface area contributed by atoms with Crippen molar-refractivity contribution in [3.63, 3.8) is 0 Å². The van der Waals surface area contributed by atoms with Crippen LogP contribution < -0.4 is 9.47 Å². The topological polar surface area (TPSA) is 69.8 Å². The van der Waals surface area contributed by atoms with E-state index in [1.54, 1.807) is 26.4 Å². The second kappa shape index (κ2) is 8.59. The fourth-order valence-electron chi connectivity index (χ4n) is 4.26. The molecule has 4 rings (SSSR count). The number of methoxy groups -OCH3 is 2. The summed E-state index contributed by atoms with van der Waals surface area (Å²) in [6, 6.07) is 17.1. The number of rotatable bonds is 6. The van der Waals surface area contributed by atoms with Gasteiger partial charge in [0.2, 0.25) is 0 Å². The van der Waals surface area contributed by atoms with Gasteiger partial charge in [0.25, 0.3) is 5.69 Å². The molecule has 0 radical (unpaired) electrons. The molecule has 0 unspecified atom stereocenters. The van der Waals surface area contributed by atoms with E-state index in [-0.39, 0.29) is 16.7 Å². The number of para-hydroxylation sites is 1. The van der Waals surface area contributed by atoms with Gasteiger partial charge in [0, 0.05) is 43.2 Å². The van der Waals surface area contributed by atoms with Gasteiger partial charge in [-0.2, -0.15) is 0 Å². The SMILES string of the molecule is COc1ccc([C@H]2c3cccn3CCCN2Cc2ccccc2[N+](=O)[O-])cc1OC. The van der Waals surface area contributed by atoms with Crippen molar-refractivity contribution in [3.8, 4) is 11.5 Å². The maximum atomic E-state index is 11.5. The first-order chi connectivity index (χ1) is 14.6. The second-order valence-corrected chi connectivity index (χ2v) is 7.35. The van der Waals surface area contributed by atoms with Crippen LogP contribution in [0.4, 0.5) is 5.69 Å². The monoisotopic (exact) mass is 407 g/mol. The minimum atomic E-state index is -0.304. The van der Waals surface area contributed by atoms with Crippen molar-refractivity contribution in [2.45, 2.75) is 25.6 Å². The highest BCUT2D eigenvalue weighted by Gasteiger charge is 2.29. The van der Waals surface area contributed by atoms with Gasteiger partial charge in [-0.1, -0.05) is 24.3 Å². The first kappa shape index (κ1) is 20.0. The van der Waals surface area contributed by atoms with Crippen molar-refractivity contribution >= 4 is 5.69 Å². The Bertz CT molecular complexity index is 1050. The van der Waals surface area contributed by atoms with Crippen LogP contribution in [0.5, 0.6) is 11.5 Å². The van der Waals surface area contributed by atoms with Crippen LogP contribution in [0.15, 0.2) is 60.8 Å². The Morgan fingerprint density at radius 1 is 1.03 bits per heavy atom. The standard InChI is InChI=1S/C23H25N3O4/c1-29-21-11-10-17(15-22(21)30-2)23-20-9-5-12-24(20)13-6-14-25(23)16-18-7-3-4-8-19(18)26(27)28/h3-5,7-12,15,23H,6,13-14,16H2,1-2H3/t23-/m0/s1. The van der Waals surface area contributed by atoms with Crippen LogP contribution in [0.25, 0.3) is 0 Å². The lowest BCUT2D eigenvalue weighted by Crippen LogP contribution is -2.29. The normalized spacial score (nSPS) is 16.5. The molecule has 0 saturated carbocycles. The van der Waals surface area contributed by atoms with Crippen LogP contribution in [0, 0.1) is 10.1 Å². The van der Waals surface area contributed by atoms with E-state index < -0.39 is 0 Å². The quantitative estimate of drug-likeness (QED) is 0.447. The Morgan fingerprint density at radius 2 is 1.83 bits per heavy atom. The lowest BCUT2D eigenvalue weighted by Gasteiger charge is -2.31. The van der Waals surface area contributed by atoms with Crippen molar-refractivity contribution < 1.29 is 14.4 Å². The zero-order valence-corrected chi connectivity index (χ0v) is 17.2. The summed E-state index contributed by atoms with van der Waals surface area (Å²) >= 11 is 0. The molecule has 0 saturated heterocycles. The highest BCUT2D eigenvalue weighted by atomic mass is 16.6. The summed E-state index contributed by atoms with van der Waals surface area (Å²) in [6.45, 7) is 2.23. The molecular weight excluding hydrogens is 382 g/mol. The number of hydrogen-bond acceptors (Lipinski definition) is 5. The molecule has 0 aliphatic carbocycles. The average Bonchev–Trinajstić information content (AvgIpc) is 3.15. The van der Waals surface area contributed by atoms with Gasteiger partial charge in [0.15, 0.2) is 11.5 Å². The molecule has 3 aromatic rings. The number of aryl methyl sites for hydroxylation is 1. The van der Waals surface area contributed by atoms with Crippen molar-refractivity contribution in [1.82, 2.24) is 9.47 Å². The Balaban J connectivity index is 1.79. The second-order valence-electron chi connectivity index (χ2n) is 7.35. The number of nitro benzene ring substituents is 1. The summed E-state index contributed by atoms with van der Waals surface area (Å²) in [6.07, 6.45) is 3.06. The maximum absolute atomic E-state index is 11.5. The number of nitro groups is 1. The number of benzene rings is 2. The lowest BCUT2D eigenvalue weighted by atomic mass is 10.00. The molecule has 0 fully saturated rings. The number of hydrogen-bond donors (Lipinski definition) is 0. The third-order valence-corrected chi connectivity index (χ3v) is 5.64. The van der Waals surface area contributed by atoms with E-state index in [0.29, 0.717) is 23.6 Å². The van der Waals surface area contributed by atoms with E-state index >= 15 is 0 Å². The predicted molar refractivity (Wildman–Crippen MR) is 114 cm³/mol. The summed E-state index contributed by atoms with van der Waals surface area (Å²) in [5.41, 5.74) is 3.10. The van der Waals surface area contributed by atoms with E-state index in [4.69, 9.17) is 9.47 Å². The van der Waals surface area contributed by atoms with Crippen LogP contribution in [0.1, 0.15) is 29.3 Å². The average molecular weight is 407 g/mol. The van der Waals surface area contributed by atoms with E-state index in [0.717, 1.165) is 25.1 Å². The third-order valence-electron chi connectivity index (χ3n) is 5.64. The van der Waals surface area contributed by atoms with Crippen LogP contribution in [0.3, 0.4) is 0 Å². The van der Waals surface area contributed by atoms with Gasteiger partial charge in [-0.05, 0) is 36.2 Å². The summed E-state index contributed by atoms with van der Waals surface area (Å²) in [5, 5.41) is 11.5. The molecule has 1 aliphatic rings. The molecule has 1 aliphatic heterocycles. The molecule has 2 aromatic carbocycles. The van der Waals surface area contributed by atoms with Gasteiger partial charge in [0.1, 0.15) is 0 Å². The Hall–Kier alpha value is -3.32. The Labute approximate surface area is 175 Å². The Kier molecular flexibility index (Phi) is 5.72. The van der Waals surface area contributed by atoms with E-state index in [2.05, 4.69) is 27.8 Å². The minimum Gasteiger partial charge on any atom is -0.493 e. The highest BCUT2D eigenvalue weighted by Crippen LogP contribution is 2.38. The molecule has 0 bridgehead atoms. The molecule has 0 amide bonds. The molecule has 7 heteroatoms. The van der Waals surface area contributed by atoms with Crippen LogP contribution in [0.2, 0.25) is 0 Å².